The Bertz CT molecular complexity index is 916. The van der Waals surface area contributed by atoms with Gasteiger partial charge in [-0.3, -0.25) is 9.78 Å². The minimum atomic E-state index is -0.0262. The van der Waals surface area contributed by atoms with E-state index in [9.17, 15) is 4.79 Å². The van der Waals surface area contributed by atoms with E-state index in [1.165, 1.54) is 0 Å². The number of aryl methyl sites for hydroxylation is 2. The lowest BCUT2D eigenvalue weighted by molar-refractivity contribution is 0.0665. The molecule has 1 aliphatic rings. The fraction of sp³-hybridized carbons (Fsp3) is 0.444. The molecule has 1 fully saturated rings. The predicted molar refractivity (Wildman–Crippen MR) is 93.6 cm³/mol. The van der Waals surface area contributed by atoms with E-state index in [0.29, 0.717) is 47.4 Å². The maximum Gasteiger partial charge on any atom is 0.259 e. The monoisotopic (exact) mass is 368 g/mol. The Morgan fingerprint density at radius 3 is 2.89 bits per heavy atom. The van der Waals surface area contributed by atoms with E-state index in [-0.39, 0.29) is 11.8 Å². The molecule has 9 nitrogen and oxygen atoms in total. The van der Waals surface area contributed by atoms with Crippen LogP contribution in [0.1, 0.15) is 40.5 Å². The van der Waals surface area contributed by atoms with Crippen LogP contribution in [0.3, 0.4) is 0 Å². The van der Waals surface area contributed by atoms with Gasteiger partial charge in [0.2, 0.25) is 11.7 Å². The molecule has 0 bridgehead atoms. The molecule has 4 rings (SSSR count). The molecule has 0 spiro atoms. The minimum absolute atomic E-state index is 0.0262. The second-order valence-electron chi connectivity index (χ2n) is 6.77. The van der Waals surface area contributed by atoms with Gasteiger partial charge in [-0.2, -0.15) is 4.98 Å². The van der Waals surface area contributed by atoms with Crippen LogP contribution in [0.25, 0.3) is 11.5 Å². The van der Waals surface area contributed by atoms with Crippen molar-refractivity contribution in [2.75, 3.05) is 13.1 Å². The zero-order valence-electron chi connectivity index (χ0n) is 15.3. The van der Waals surface area contributed by atoms with Gasteiger partial charge in [-0.15, -0.1) is 0 Å². The highest BCUT2D eigenvalue weighted by Gasteiger charge is 2.29. The van der Waals surface area contributed by atoms with Gasteiger partial charge in [0.05, 0.1) is 11.9 Å². The van der Waals surface area contributed by atoms with Gasteiger partial charge in [0.25, 0.3) is 5.91 Å². The second-order valence-corrected chi connectivity index (χ2v) is 6.77. The van der Waals surface area contributed by atoms with Crippen molar-refractivity contribution in [1.29, 1.82) is 0 Å². The van der Waals surface area contributed by atoms with E-state index in [1.807, 2.05) is 4.90 Å². The van der Waals surface area contributed by atoms with Gasteiger partial charge >= 0.3 is 0 Å². The summed E-state index contributed by atoms with van der Waals surface area (Å²) in [6.45, 7) is 4.93. The van der Waals surface area contributed by atoms with Crippen molar-refractivity contribution in [1.82, 2.24) is 30.2 Å². The Morgan fingerprint density at radius 1 is 1.26 bits per heavy atom. The fourth-order valence-corrected chi connectivity index (χ4v) is 3.47. The van der Waals surface area contributed by atoms with Crippen LogP contribution < -0.4 is 0 Å². The number of carbonyl (C=O) groups is 1. The lowest BCUT2D eigenvalue weighted by Gasteiger charge is -2.32. The topological polar surface area (TPSA) is 111 Å². The summed E-state index contributed by atoms with van der Waals surface area (Å²) in [4.78, 5) is 27.3. The van der Waals surface area contributed by atoms with E-state index in [0.717, 1.165) is 19.4 Å². The summed E-state index contributed by atoms with van der Waals surface area (Å²) in [5.41, 5.74) is 1.77. The van der Waals surface area contributed by atoms with Crippen LogP contribution in [-0.2, 0) is 6.42 Å². The average Bonchev–Trinajstić information content (AvgIpc) is 3.29. The van der Waals surface area contributed by atoms with E-state index in [4.69, 9.17) is 9.05 Å². The number of nitrogens with zero attached hydrogens (tertiary/aromatic N) is 6. The molecule has 0 unspecified atom stereocenters. The first kappa shape index (κ1) is 17.3. The van der Waals surface area contributed by atoms with Crippen LogP contribution in [0.4, 0.5) is 0 Å². The van der Waals surface area contributed by atoms with Crippen LogP contribution in [0.15, 0.2) is 27.6 Å². The van der Waals surface area contributed by atoms with E-state index >= 15 is 0 Å². The first-order chi connectivity index (χ1) is 13.1. The van der Waals surface area contributed by atoms with Crippen LogP contribution in [0.2, 0.25) is 0 Å². The highest BCUT2D eigenvalue weighted by atomic mass is 16.5. The highest BCUT2D eigenvalue weighted by Crippen LogP contribution is 2.24. The first-order valence-corrected chi connectivity index (χ1v) is 8.93. The number of hydrogen-bond acceptors (Lipinski definition) is 8. The second kappa shape index (κ2) is 7.26. The third kappa shape index (κ3) is 3.57. The third-order valence-electron chi connectivity index (χ3n) is 4.78. The highest BCUT2D eigenvalue weighted by molar-refractivity contribution is 5.96. The van der Waals surface area contributed by atoms with Gasteiger partial charge in [0.15, 0.2) is 0 Å². The first-order valence-electron chi connectivity index (χ1n) is 8.93. The number of hydrogen-bond donors (Lipinski definition) is 0. The summed E-state index contributed by atoms with van der Waals surface area (Å²) in [6, 6.07) is 0. The molecule has 0 radical (unpaired) electrons. The molecule has 3 aromatic heterocycles. The van der Waals surface area contributed by atoms with Crippen molar-refractivity contribution in [2.45, 2.75) is 33.1 Å². The Kier molecular flexibility index (Phi) is 4.66. The normalized spacial score (nSPS) is 17.3. The van der Waals surface area contributed by atoms with Gasteiger partial charge in [-0.1, -0.05) is 10.3 Å². The van der Waals surface area contributed by atoms with E-state index in [2.05, 4.69) is 25.3 Å². The Labute approximate surface area is 155 Å². The third-order valence-corrected chi connectivity index (χ3v) is 4.78. The molecule has 0 aliphatic carbocycles. The van der Waals surface area contributed by atoms with Gasteiger partial charge in [-0.25, -0.2) is 4.98 Å². The number of carbonyl (C=O) groups excluding carboxylic acids is 1. The zero-order chi connectivity index (χ0) is 18.8. The van der Waals surface area contributed by atoms with Crippen molar-refractivity contribution in [3.63, 3.8) is 0 Å². The Balaban J connectivity index is 1.43. The van der Waals surface area contributed by atoms with Crippen molar-refractivity contribution in [2.24, 2.45) is 5.92 Å². The SMILES string of the molecule is Cc1noc(C)c1C(=O)N1CCC[C@@H](Cc2nc(-c3cnccn3)no2)C1. The minimum Gasteiger partial charge on any atom is -0.361 e. The number of likely N-dealkylation sites (tertiary alicyclic amines) is 1. The smallest absolute Gasteiger partial charge is 0.259 e. The molecular formula is C18H20N6O3. The van der Waals surface area contributed by atoms with Gasteiger partial charge < -0.3 is 13.9 Å². The summed E-state index contributed by atoms with van der Waals surface area (Å²) >= 11 is 0. The summed E-state index contributed by atoms with van der Waals surface area (Å²) in [7, 11) is 0. The molecule has 1 aliphatic heterocycles. The number of rotatable bonds is 4. The molecule has 9 heteroatoms. The number of piperidine rings is 1. The lowest BCUT2D eigenvalue weighted by Crippen LogP contribution is -2.40. The van der Waals surface area contributed by atoms with E-state index in [1.54, 1.807) is 32.4 Å². The Hall–Kier alpha value is -3.10. The van der Waals surface area contributed by atoms with Crippen LogP contribution in [0.5, 0.6) is 0 Å². The van der Waals surface area contributed by atoms with Crippen LogP contribution in [0, 0.1) is 19.8 Å². The molecule has 1 atom stereocenters. The molecule has 0 saturated carbocycles. The van der Waals surface area contributed by atoms with E-state index < -0.39 is 0 Å². The molecule has 0 N–H and O–H groups in total. The lowest BCUT2D eigenvalue weighted by atomic mass is 9.94. The average molecular weight is 368 g/mol. The standard InChI is InChI=1S/C18H20N6O3/c1-11-16(12(2)26-22-11)18(25)24-7-3-4-13(10-24)8-15-21-17(23-27-15)14-9-19-5-6-20-14/h5-6,9,13H,3-4,7-8,10H2,1-2H3/t13-/m0/s1. The maximum absolute atomic E-state index is 12.8. The number of aromatic nitrogens is 5. The fourth-order valence-electron chi connectivity index (χ4n) is 3.47. The van der Waals surface area contributed by atoms with Crippen molar-refractivity contribution < 1.29 is 13.8 Å². The summed E-state index contributed by atoms with van der Waals surface area (Å²) in [6.07, 6.45) is 7.35. The Morgan fingerprint density at radius 2 is 2.15 bits per heavy atom. The summed E-state index contributed by atoms with van der Waals surface area (Å²) < 4.78 is 10.5. The quantitative estimate of drug-likeness (QED) is 0.689. The molecule has 140 valence electrons. The molecular weight excluding hydrogens is 348 g/mol. The van der Waals surface area contributed by atoms with Crippen LogP contribution >= 0.6 is 0 Å². The predicted octanol–water partition coefficient (Wildman–Crippen LogP) is 2.23. The van der Waals surface area contributed by atoms with Gasteiger partial charge in [-0.05, 0) is 32.6 Å². The molecule has 27 heavy (non-hydrogen) atoms. The van der Waals surface area contributed by atoms with Gasteiger partial charge in [0.1, 0.15) is 17.0 Å². The molecule has 3 aromatic rings. The summed E-state index contributed by atoms with van der Waals surface area (Å²) in [5.74, 6) is 1.77. The molecule has 1 saturated heterocycles. The summed E-state index contributed by atoms with van der Waals surface area (Å²) in [5, 5.41) is 7.86. The zero-order valence-corrected chi connectivity index (χ0v) is 15.3. The van der Waals surface area contributed by atoms with Crippen LogP contribution in [-0.4, -0.2) is 49.2 Å². The largest absolute Gasteiger partial charge is 0.361 e. The molecule has 0 aromatic carbocycles. The van der Waals surface area contributed by atoms with Crippen molar-refractivity contribution in [3.05, 3.63) is 41.5 Å². The maximum atomic E-state index is 12.8. The van der Waals surface area contributed by atoms with Gasteiger partial charge in [0, 0.05) is 31.9 Å². The molecule has 4 heterocycles. The number of amides is 1. The molecule has 1 amide bonds. The van der Waals surface area contributed by atoms with Crippen molar-refractivity contribution in [3.8, 4) is 11.5 Å². The van der Waals surface area contributed by atoms with Crippen molar-refractivity contribution >= 4 is 5.91 Å².